The van der Waals surface area contributed by atoms with E-state index in [9.17, 15) is 0 Å². The van der Waals surface area contributed by atoms with Crippen molar-refractivity contribution in [2.24, 2.45) is 5.92 Å². The summed E-state index contributed by atoms with van der Waals surface area (Å²) in [5.41, 5.74) is 1.31. The smallest absolute Gasteiger partial charge is 0.133 e. The van der Waals surface area contributed by atoms with Crippen LogP contribution < -0.4 is 10.2 Å². The zero-order chi connectivity index (χ0) is 13.9. The summed E-state index contributed by atoms with van der Waals surface area (Å²) in [6.45, 7) is 2.06. The summed E-state index contributed by atoms with van der Waals surface area (Å²) in [4.78, 5) is 7.33. The second-order valence-corrected chi connectivity index (χ2v) is 7.03. The van der Waals surface area contributed by atoms with Crippen LogP contribution in [0.5, 0.6) is 0 Å². The minimum Gasteiger partial charge on any atom is -0.353 e. The summed E-state index contributed by atoms with van der Waals surface area (Å²) in [6.07, 6.45) is 10.3. The van der Waals surface area contributed by atoms with Crippen molar-refractivity contribution in [1.82, 2.24) is 10.3 Å². The lowest BCUT2D eigenvalue weighted by Crippen LogP contribution is -2.36. The van der Waals surface area contributed by atoms with E-state index in [0.717, 1.165) is 23.0 Å². The van der Waals surface area contributed by atoms with Gasteiger partial charge in [-0.15, -0.1) is 0 Å². The normalized spacial score (nSPS) is 23.7. The molecule has 1 aromatic rings. The predicted molar refractivity (Wildman–Crippen MR) is 87.0 cm³/mol. The fraction of sp³-hybridized carbons (Fsp3) is 0.688. The number of hydrogen-bond donors (Lipinski definition) is 1. The molecule has 1 aliphatic heterocycles. The molecule has 1 unspecified atom stereocenters. The second-order valence-electron chi connectivity index (χ2n) is 6.11. The standard InChI is InChI=1S/C16H24BrN3/c1-18-10-13-9-14(17)11-19-16(13)20-8-4-7-15(20)12-5-2-3-6-12/h9,11-12,15,18H,2-8,10H2,1H3. The van der Waals surface area contributed by atoms with E-state index >= 15 is 0 Å². The Bertz CT molecular complexity index is 457. The Morgan fingerprint density at radius 1 is 1.30 bits per heavy atom. The van der Waals surface area contributed by atoms with E-state index in [1.165, 1.54) is 56.5 Å². The molecule has 1 atom stereocenters. The molecule has 0 spiro atoms. The molecule has 1 saturated heterocycles. The van der Waals surface area contributed by atoms with Gasteiger partial charge in [-0.3, -0.25) is 0 Å². The summed E-state index contributed by atoms with van der Waals surface area (Å²) in [6, 6.07) is 2.94. The molecule has 0 aromatic carbocycles. The maximum absolute atomic E-state index is 4.74. The third-order valence-electron chi connectivity index (χ3n) is 4.79. The largest absolute Gasteiger partial charge is 0.353 e. The molecule has 2 aliphatic rings. The number of halogens is 1. The van der Waals surface area contributed by atoms with Crippen LogP contribution in [0.4, 0.5) is 5.82 Å². The highest BCUT2D eigenvalue weighted by molar-refractivity contribution is 9.10. The molecule has 1 aromatic heterocycles. The lowest BCUT2D eigenvalue weighted by atomic mass is 9.96. The fourth-order valence-electron chi connectivity index (χ4n) is 3.94. The van der Waals surface area contributed by atoms with Crippen LogP contribution in [-0.2, 0) is 6.54 Å². The van der Waals surface area contributed by atoms with E-state index in [1.807, 2.05) is 13.2 Å². The summed E-state index contributed by atoms with van der Waals surface area (Å²) in [5.74, 6) is 2.10. The Kier molecular flexibility index (Phi) is 4.61. The van der Waals surface area contributed by atoms with Crippen molar-refractivity contribution >= 4 is 21.7 Å². The zero-order valence-electron chi connectivity index (χ0n) is 12.2. The number of nitrogens with zero attached hydrogens (tertiary/aromatic N) is 2. The number of pyridine rings is 1. The molecule has 20 heavy (non-hydrogen) atoms. The molecule has 3 rings (SSSR count). The SMILES string of the molecule is CNCc1cc(Br)cnc1N1CCCC1C1CCCC1. The monoisotopic (exact) mass is 337 g/mol. The number of anilines is 1. The summed E-state index contributed by atoms with van der Waals surface area (Å²) in [7, 11) is 2.00. The zero-order valence-corrected chi connectivity index (χ0v) is 13.8. The van der Waals surface area contributed by atoms with Gasteiger partial charge in [-0.25, -0.2) is 4.98 Å². The first-order chi connectivity index (χ1) is 9.79. The van der Waals surface area contributed by atoms with Gasteiger partial charge in [-0.05, 0) is 60.6 Å². The van der Waals surface area contributed by atoms with Crippen LogP contribution in [0.1, 0.15) is 44.1 Å². The first-order valence-electron chi connectivity index (χ1n) is 7.85. The molecule has 2 fully saturated rings. The maximum atomic E-state index is 4.74. The summed E-state index contributed by atoms with van der Waals surface area (Å²) in [5, 5.41) is 3.27. The average Bonchev–Trinajstić information content (AvgIpc) is 3.10. The summed E-state index contributed by atoms with van der Waals surface area (Å²) < 4.78 is 1.07. The van der Waals surface area contributed by atoms with Crippen molar-refractivity contribution in [1.29, 1.82) is 0 Å². The molecule has 0 bridgehead atoms. The highest BCUT2D eigenvalue weighted by Crippen LogP contribution is 2.38. The van der Waals surface area contributed by atoms with Gasteiger partial charge < -0.3 is 10.2 Å². The third kappa shape index (κ3) is 2.86. The molecule has 1 aliphatic carbocycles. The Morgan fingerprint density at radius 2 is 2.10 bits per heavy atom. The van der Waals surface area contributed by atoms with Crippen LogP contribution in [0.2, 0.25) is 0 Å². The first kappa shape index (κ1) is 14.3. The van der Waals surface area contributed by atoms with Gasteiger partial charge in [0.15, 0.2) is 0 Å². The number of rotatable bonds is 4. The second kappa shape index (κ2) is 6.44. The molecule has 1 N–H and O–H groups in total. The van der Waals surface area contributed by atoms with Gasteiger partial charge in [0.2, 0.25) is 0 Å². The fourth-order valence-corrected chi connectivity index (χ4v) is 4.32. The molecular weight excluding hydrogens is 314 g/mol. The Balaban J connectivity index is 1.86. The quantitative estimate of drug-likeness (QED) is 0.907. The van der Waals surface area contributed by atoms with Crippen LogP contribution in [0.15, 0.2) is 16.7 Å². The Labute approximate surface area is 130 Å². The minimum atomic E-state index is 0.724. The highest BCUT2D eigenvalue weighted by Gasteiger charge is 2.34. The number of nitrogens with one attached hydrogen (secondary N) is 1. The van der Waals surface area contributed by atoms with Crippen molar-refractivity contribution in [3.63, 3.8) is 0 Å². The van der Waals surface area contributed by atoms with Crippen molar-refractivity contribution < 1.29 is 0 Å². The van der Waals surface area contributed by atoms with Crippen LogP contribution in [0.3, 0.4) is 0 Å². The lowest BCUT2D eigenvalue weighted by molar-refractivity contribution is 0.428. The van der Waals surface area contributed by atoms with Crippen LogP contribution in [-0.4, -0.2) is 24.6 Å². The Morgan fingerprint density at radius 3 is 2.85 bits per heavy atom. The van der Waals surface area contributed by atoms with Gasteiger partial charge >= 0.3 is 0 Å². The van der Waals surface area contributed by atoms with Gasteiger partial charge in [0.25, 0.3) is 0 Å². The van der Waals surface area contributed by atoms with Crippen molar-refractivity contribution in [2.75, 3.05) is 18.5 Å². The number of hydrogen-bond acceptors (Lipinski definition) is 3. The third-order valence-corrected chi connectivity index (χ3v) is 5.23. The van der Waals surface area contributed by atoms with Gasteiger partial charge in [0.1, 0.15) is 5.82 Å². The van der Waals surface area contributed by atoms with E-state index < -0.39 is 0 Å². The van der Waals surface area contributed by atoms with Gasteiger partial charge in [-0.1, -0.05) is 12.8 Å². The van der Waals surface area contributed by atoms with E-state index in [-0.39, 0.29) is 0 Å². The molecule has 0 radical (unpaired) electrons. The summed E-state index contributed by atoms with van der Waals surface area (Å²) >= 11 is 3.55. The van der Waals surface area contributed by atoms with Gasteiger partial charge in [-0.2, -0.15) is 0 Å². The molecule has 3 nitrogen and oxygen atoms in total. The maximum Gasteiger partial charge on any atom is 0.133 e. The number of aromatic nitrogens is 1. The minimum absolute atomic E-state index is 0.724. The van der Waals surface area contributed by atoms with Gasteiger partial charge in [0.05, 0.1) is 0 Å². The molecule has 0 amide bonds. The van der Waals surface area contributed by atoms with Crippen molar-refractivity contribution in [3.8, 4) is 0 Å². The van der Waals surface area contributed by atoms with Crippen LogP contribution in [0, 0.1) is 5.92 Å². The van der Waals surface area contributed by atoms with Gasteiger partial charge in [0, 0.05) is 35.4 Å². The first-order valence-corrected chi connectivity index (χ1v) is 8.64. The van der Waals surface area contributed by atoms with Crippen molar-refractivity contribution in [3.05, 3.63) is 22.3 Å². The van der Waals surface area contributed by atoms with E-state index in [1.54, 1.807) is 0 Å². The highest BCUT2D eigenvalue weighted by atomic mass is 79.9. The lowest BCUT2D eigenvalue weighted by Gasteiger charge is -2.31. The molecular formula is C16H24BrN3. The average molecular weight is 338 g/mol. The van der Waals surface area contributed by atoms with Crippen LogP contribution in [0.25, 0.3) is 0 Å². The topological polar surface area (TPSA) is 28.2 Å². The molecule has 110 valence electrons. The van der Waals surface area contributed by atoms with Crippen molar-refractivity contribution in [2.45, 2.75) is 51.1 Å². The van der Waals surface area contributed by atoms with Crippen LogP contribution >= 0.6 is 15.9 Å². The van der Waals surface area contributed by atoms with E-state index in [2.05, 4.69) is 32.2 Å². The molecule has 4 heteroatoms. The van der Waals surface area contributed by atoms with E-state index in [4.69, 9.17) is 4.98 Å². The van der Waals surface area contributed by atoms with E-state index in [0.29, 0.717) is 0 Å². The Hall–Kier alpha value is -0.610. The molecule has 1 saturated carbocycles. The molecule has 2 heterocycles. The predicted octanol–water partition coefficient (Wildman–Crippen LogP) is 3.72.